The van der Waals surface area contributed by atoms with E-state index in [2.05, 4.69) is 4.98 Å². The fraction of sp³-hybridized carbons (Fsp3) is 0.200. The molecule has 1 aromatic carbocycles. The first-order valence-corrected chi connectivity index (χ1v) is 6.88. The number of aryl methyl sites for hydroxylation is 1. The zero-order valence-electron chi connectivity index (χ0n) is 11.9. The van der Waals surface area contributed by atoms with E-state index in [1.54, 1.807) is 0 Å². The van der Waals surface area contributed by atoms with Gasteiger partial charge in [-0.15, -0.1) is 0 Å². The standard InChI is InChI=1S/C15H12ClF3N2O2/c1-8-6-12(22)20-7-11(8)14(23)21-13(15(17,18)19)9-2-4-10(16)5-3-9/h2-7,13H,1H3,(H,20,22)(H,21,23)/t13-/m1/s1. The molecule has 23 heavy (non-hydrogen) atoms. The molecule has 0 aliphatic rings. The van der Waals surface area contributed by atoms with Crippen molar-refractivity contribution in [3.05, 3.63) is 68.6 Å². The van der Waals surface area contributed by atoms with Crippen LogP contribution in [0.1, 0.15) is 27.5 Å². The van der Waals surface area contributed by atoms with Gasteiger partial charge in [-0.05, 0) is 30.2 Å². The Morgan fingerprint density at radius 3 is 2.39 bits per heavy atom. The van der Waals surface area contributed by atoms with Gasteiger partial charge in [0, 0.05) is 17.3 Å². The number of halogens is 4. The Balaban J connectivity index is 2.33. The zero-order chi connectivity index (χ0) is 17.2. The van der Waals surface area contributed by atoms with E-state index in [9.17, 15) is 22.8 Å². The van der Waals surface area contributed by atoms with E-state index in [1.807, 2.05) is 5.32 Å². The minimum atomic E-state index is -4.68. The summed E-state index contributed by atoms with van der Waals surface area (Å²) in [6.45, 7) is 1.47. The van der Waals surface area contributed by atoms with E-state index in [1.165, 1.54) is 31.2 Å². The lowest BCUT2D eigenvalue weighted by Crippen LogP contribution is -2.38. The maximum Gasteiger partial charge on any atom is 0.412 e. The Kier molecular flexibility index (Phi) is 4.79. The van der Waals surface area contributed by atoms with Gasteiger partial charge in [0.1, 0.15) is 0 Å². The number of alkyl halides is 3. The van der Waals surface area contributed by atoms with Gasteiger partial charge in [-0.1, -0.05) is 23.7 Å². The molecule has 1 aromatic heterocycles. The summed E-state index contributed by atoms with van der Waals surface area (Å²) in [6.07, 6.45) is -3.60. The van der Waals surface area contributed by atoms with Crippen LogP contribution in [-0.4, -0.2) is 17.1 Å². The molecule has 0 unspecified atom stereocenters. The van der Waals surface area contributed by atoms with Crippen molar-refractivity contribution >= 4 is 17.5 Å². The molecule has 2 aromatic rings. The minimum Gasteiger partial charge on any atom is -0.337 e. The van der Waals surface area contributed by atoms with Crippen molar-refractivity contribution in [3.63, 3.8) is 0 Å². The first-order chi connectivity index (χ1) is 10.7. The Labute approximate surface area is 134 Å². The number of aromatic nitrogens is 1. The zero-order valence-corrected chi connectivity index (χ0v) is 12.6. The lowest BCUT2D eigenvalue weighted by atomic mass is 10.1. The molecule has 2 N–H and O–H groups in total. The number of benzene rings is 1. The molecule has 0 radical (unpaired) electrons. The van der Waals surface area contributed by atoms with Crippen LogP contribution in [-0.2, 0) is 0 Å². The monoisotopic (exact) mass is 344 g/mol. The second-order valence-corrected chi connectivity index (χ2v) is 5.33. The van der Waals surface area contributed by atoms with E-state index in [0.717, 1.165) is 12.3 Å². The van der Waals surface area contributed by atoms with E-state index >= 15 is 0 Å². The van der Waals surface area contributed by atoms with Crippen molar-refractivity contribution < 1.29 is 18.0 Å². The highest BCUT2D eigenvalue weighted by Gasteiger charge is 2.42. The molecule has 0 saturated carbocycles. The number of carbonyl (C=O) groups is 1. The van der Waals surface area contributed by atoms with Crippen LogP contribution in [0.5, 0.6) is 0 Å². The maximum absolute atomic E-state index is 13.2. The number of pyridine rings is 1. The van der Waals surface area contributed by atoms with Crippen LogP contribution in [0.2, 0.25) is 5.02 Å². The van der Waals surface area contributed by atoms with Gasteiger partial charge in [0.25, 0.3) is 5.91 Å². The molecule has 0 bridgehead atoms. The van der Waals surface area contributed by atoms with Crippen LogP contribution in [0.25, 0.3) is 0 Å². The summed E-state index contributed by atoms with van der Waals surface area (Å²) < 4.78 is 39.7. The third-order valence-electron chi connectivity index (χ3n) is 3.18. The number of hydrogen-bond donors (Lipinski definition) is 2. The lowest BCUT2D eigenvalue weighted by molar-refractivity contribution is -0.155. The van der Waals surface area contributed by atoms with Gasteiger partial charge < -0.3 is 10.3 Å². The fourth-order valence-corrected chi connectivity index (χ4v) is 2.16. The third kappa shape index (κ3) is 4.13. The number of amides is 1. The summed E-state index contributed by atoms with van der Waals surface area (Å²) in [4.78, 5) is 25.5. The number of carbonyl (C=O) groups excluding carboxylic acids is 1. The second kappa shape index (κ2) is 6.45. The largest absolute Gasteiger partial charge is 0.412 e. The van der Waals surface area contributed by atoms with Crippen molar-refractivity contribution in [1.29, 1.82) is 0 Å². The molecule has 0 aliphatic heterocycles. The highest BCUT2D eigenvalue weighted by Crippen LogP contribution is 2.33. The average molecular weight is 345 g/mol. The summed E-state index contributed by atoms with van der Waals surface area (Å²) in [7, 11) is 0. The Morgan fingerprint density at radius 1 is 1.26 bits per heavy atom. The van der Waals surface area contributed by atoms with Crippen molar-refractivity contribution in [1.82, 2.24) is 10.3 Å². The first kappa shape index (κ1) is 17.1. The Bertz CT molecular complexity index is 770. The van der Waals surface area contributed by atoms with Crippen LogP contribution in [0.4, 0.5) is 13.2 Å². The predicted octanol–water partition coefficient (Wildman–Crippen LogP) is 3.37. The van der Waals surface area contributed by atoms with Crippen LogP contribution in [0, 0.1) is 6.92 Å². The SMILES string of the molecule is Cc1cc(=O)[nH]cc1C(=O)N[C@H](c1ccc(Cl)cc1)C(F)(F)F. The smallest absolute Gasteiger partial charge is 0.337 e. The number of hydrogen-bond acceptors (Lipinski definition) is 2. The molecule has 1 heterocycles. The normalized spacial score (nSPS) is 12.7. The van der Waals surface area contributed by atoms with Crippen molar-refractivity contribution in [2.75, 3.05) is 0 Å². The molecule has 1 atom stereocenters. The van der Waals surface area contributed by atoms with Crippen LogP contribution < -0.4 is 10.9 Å². The van der Waals surface area contributed by atoms with Crippen LogP contribution in [0.15, 0.2) is 41.3 Å². The molecule has 1 amide bonds. The molecular formula is C15H12ClF3N2O2. The van der Waals surface area contributed by atoms with E-state index in [0.29, 0.717) is 0 Å². The second-order valence-electron chi connectivity index (χ2n) is 4.89. The predicted molar refractivity (Wildman–Crippen MR) is 79.5 cm³/mol. The number of rotatable bonds is 3. The molecule has 0 saturated heterocycles. The average Bonchev–Trinajstić information content (AvgIpc) is 2.44. The van der Waals surface area contributed by atoms with Gasteiger partial charge in [-0.3, -0.25) is 9.59 Å². The summed E-state index contributed by atoms with van der Waals surface area (Å²) in [5.74, 6) is -0.934. The number of H-pyrrole nitrogens is 1. The molecule has 0 aliphatic carbocycles. The summed E-state index contributed by atoms with van der Waals surface area (Å²) >= 11 is 5.67. The van der Waals surface area contributed by atoms with Crippen LogP contribution in [0.3, 0.4) is 0 Å². The van der Waals surface area contributed by atoms with E-state index in [-0.39, 0.29) is 21.7 Å². The Morgan fingerprint density at radius 2 is 1.87 bits per heavy atom. The van der Waals surface area contributed by atoms with Gasteiger partial charge in [-0.2, -0.15) is 13.2 Å². The van der Waals surface area contributed by atoms with Gasteiger partial charge in [-0.25, -0.2) is 0 Å². The summed E-state index contributed by atoms with van der Waals surface area (Å²) in [5.41, 5.74) is -0.336. The number of nitrogens with one attached hydrogen (secondary N) is 2. The van der Waals surface area contributed by atoms with Crippen LogP contribution >= 0.6 is 11.6 Å². The Hall–Kier alpha value is -2.28. The highest BCUT2D eigenvalue weighted by atomic mass is 35.5. The van der Waals surface area contributed by atoms with Crippen molar-refractivity contribution in [2.45, 2.75) is 19.1 Å². The van der Waals surface area contributed by atoms with Crippen molar-refractivity contribution in [2.24, 2.45) is 0 Å². The molecule has 2 rings (SSSR count). The van der Waals surface area contributed by atoms with E-state index in [4.69, 9.17) is 11.6 Å². The highest BCUT2D eigenvalue weighted by molar-refractivity contribution is 6.30. The minimum absolute atomic E-state index is 0.0344. The first-order valence-electron chi connectivity index (χ1n) is 6.51. The molecule has 122 valence electrons. The summed E-state index contributed by atoms with van der Waals surface area (Å²) in [6, 6.07) is 3.97. The van der Waals surface area contributed by atoms with Gasteiger partial charge in [0.05, 0.1) is 5.56 Å². The quantitative estimate of drug-likeness (QED) is 0.896. The maximum atomic E-state index is 13.2. The summed E-state index contributed by atoms with van der Waals surface area (Å²) in [5, 5.41) is 2.23. The molecule has 4 nitrogen and oxygen atoms in total. The molecule has 8 heteroatoms. The fourth-order valence-electron chi connectivity index (χ4n) is 2.04. The van der Waals surface area contributed by atoms with E-state index < -0.39 is 23.7 Å². The molecule has 0 spiro atoms. The van der Waals surface area contributed by atoms with Gasteiger partial charge >= 0.3 is 6.18 Å². The molecular weight excluding hydrogens is 333 g/mol. The van der Waals surface area contributed by atoms with Gasteiger partial charge in [0.15, 0.2) is 6.04 Å². The molecule has 0 fully saturated rings. The number of aromatic amines is 1. The topological polar surface area (TPSA) is 62.0 Å². The third-order valence-corrected chi connectivity index (χ3v) is 3.43. The van der Waals surface area contributed by atoms with Gasteiger partial charge in [0.2, 0.25) is 5.56 Å². The lowest BCUT2D eigenvalue weighted by Gasteiger charge is -2.22. The van der Waals surface area contributed by atoms with Crippen molar-refractivity contribution in [3.8, 4) is 0 Å².